The number of hydrogen-bond donors (Lipinski definition) is 3. The van der Waals surface area contributed by atoms with Crippen molar-refractivity contribution in [1.82, 2.24) is 0 Å². The average Bonchev–Trinajstić information content (AvgIpc) is 2.43. The van der Waals surface area contributed by atoms with Crippen LogP contribution in [0.3, 0.4) is 0 Å². The molecule has 0 unspecified atom stereocenters. The molecular formula is C14H13F2N3O. The van der Waals surface area contributed by atoms with Gasteiger partial charge in [0.15, 0.2) is 5.84 Å². The number of amidine groups is 1. The predicted molar refractivity (Wildman–Crippen MR) is 72.6 cm³/mol. The summed E-state index contributed by atoms with van der Waals surface area (Å²) < 4.78 is 26.1. The molecule has 0 bridgehead atoms. The SMILES string of the molecule is NC(=NO)c1ccccc1CNc1cc(F)cc(F)c1. The Morgan fingerprint density at radius 3 is 2.45 bits per heavy atom. The molecule has 6 heteroatoms. The number of hydrogen-bond acceptors (Lipinski definition) is 3. The zero-order valence-corrected chi connectivity index (χ0v) is 10.5. The van der Waals surface area contributed by atoms with E-state index in [4.69, 9.17) is 10.9 Å². The summed E-state index contributed by atoms with van der Waals surface area (Å²) in [6.07, 6.45) is 0. The van der Waals surface area contributed by atoms with Crippen LogP contribution >= 0.6 is 0 Å². The van der Waals surface area contributed by atoms with Gasteiger partial charge in [0.2, 0.25) is 0 Å². The van der Waals surface area contributed by atoms with Crippen LogP contribution < -0.4 is 11.1 Å². The number of nitrogens with one attached hydrogen (secondary N) is 1. The molecule has 0 fully saturated rings. The number of oxime groups is 1. The van der Waals surface area contributed by atoms with Crippen molar-refractivity contribution in [2.45, 2.75) is 6.54 Å². The van der Waals surface area contributed by atoms with Crippen molar-refractivity contribution in [3.05, 3.63) is 65.2 Å². The fraction of sp³-hybridized carbons (Fsp3) is 0.0714. The third kappa shape index (κ3) is 3.23. The van der Waals surface area contributed by atoms with Gasteiger partial charge in [0.25, 0.3) is 0 Å². The van der Waals surface area contributed by atoms with E-state index in [0.717, 1.165) is 11.6 Å². The molecular weight excluding hydrogens is 264 g/mol. The Labute approximate surface area is 114 Å². The first-order chi connectivity index (χ1) is 9.60. The minimum absolute atomic E-state index is 0.0205. The van der Waals surface area contributed by atoms with Crippen molar-refractivity contribution in [3.8, 4) is 0 Å². The Kier molecular flexibility index (Phi) is 4.14. The van der Waals surface area contributed by atoms with Gasteiger partial charge in [-0.15, -0.1) is 0 Å². The summed E-state index contributed by atoms with van der Waals surface area (Å²) >= 11 is 0. The van der Waals surface area contributed by atoms with Gasteiger partial charge < -0.3 is 16.3 Å². The first-order valence-electron chi connectivity index (χ1n) is 5.86. The zero-order chi connectivity index (χ0) is 14.5. The zero-order valence-electron chi connectivity index (χ0n) is 10.5. The molecule has 0 saturated carbocycles. The highest BCUT2D eigenvalue weighted by Gasteiger charge is 2.07. The molecule has 2 aromatic rings. The van der Waals surface area contributed by atoms with Crippen LogP contribution in [0.4, 0.5) is 14.5 Å². The van der Waals surface area contributed by atoms with E-state index in [1.807, 2.05) is 0 Å². The van der Waals surface area contributed by atoms with E-state index in [1.54, 1.807) is 24.3 Å². The van der Waals surface area contributed by atoms with Gasteiger partial charge in [-0.05, 0) is 17.7 Å². The number of nitrogens with zero attached hydrogens (tertiary/aromatic N) is 1. The Bertz CT molecular complexity index is 624. The van der Waals surface area contributed by atoms with Crippen LogP contribution in [0.25, 0.3) is 0 Å². The monoisotopic (exact) mass is 277 g/mol. The smallest absolute Gasteiger partial charge is 0.170 e. The van der Waals surface area contributed by atoms with Gasteiger partial charge in [0, 0.05) is 23.9 Å². The number of anilines is 1. The Balaban J connectivity index is 2.19. The van der Waals surface area contributed by atoms with E-state index >= 15 is 0 Å². The van der Waals surface area contributed by atoms with E-state index < -0.39 is 11.6 Å². The van der Waals surface area contributed by atoms with Crippen LogP contribution in [-0.2, 0) is 6.54 Å². The van der Waals surface area contributed by atoms with Crippen molar-refractivity contribution in [2.24, 2.45) is 10.9 Å². The third-order valence-electron chi connectivity index (χ3n) is 2.75. The Morgan fingerprint density at radius 2 is 1.80 bits per heavy atom. The fourth-order valence-electron chi connectivity index (χ4n) is 1.83. The van der Waals surface area contributed by atoms with Crippen molar-refractivity contribution < 1.29 is 14.0 Å². The van der Waals surface area contributed by atoms with E-state index in [1.165, 1.54) is 12.1 Å². The highest BCUT2D eigenvalue weighted by molar-refractivity contribution is 5.98. The maximum absolute atomic E-state index is 13.1. The summed E-state index contributed by atoms with van der Waals surface area (Å²) in [4.78, 5) is 0. The summed E-state index contributed by atoms with van der Waals surface area (Å²) in [5.41, 5.74) is 7.18. The van der Waals surface area contributed by atoms with Crippen LogP contribution in [-0.4, -0.2) is 11.0 Å². The second-order valence-corrected chi connectivity index (χ2v) is 4.15. The largest absolute Gasteiger partial charge is 0.409 e. The van der Waals surface area contributed by atoms with Crippen LogP contribution in [0.1, 0.15) is 11.1 Å². The van der Waals surface area contributed by atoms with Gasteiger partial charge in [-0.25, -0.2) is 8.78 Å². The number of nitrogens with two attached hydrogens (primary N) is 1. The van der Waals surface area contributed by atoms with E-state index in [0.29, 0.717) is 11.3 Å². The average molecular weight is 277 g/mol. The van der Waals surface area contributed by atoms with Crippen LogP contribution in [0, 0.1) is 11.6 Å². The third-order valence-corrected chi connectivity index (χ3v) is 2.75. The number of benzene rings is 2. The van der Waals surface area contributed by atoms with Crippen LogP contribution in [0.5, 0.6) is 0 Å². The van der Waals surface area contributed by atoms with Crippen molar-refractivity contribution >= 4 is 11.5 Å². The first-order valence-corrected chi connectivity index (χ1v) is 5.86. The maximum Gasteiger partial charge on any atom is 0.170 e. The molecule has 4 N–H and O–H groups in total. The normalized spacial score (nSPS) is 11.4. The number of halogens is 2. The summed E-state index contributed by atoms with van der Waals surface area (Å²) in [6.45, 7) is 0.287. The summed E-state index contributed by atoms with van der Waals surface area (Å²) in [5, 5.41) is 14.6. The second kappa shape index (κ2) is 6.01. The van der Waals surface area contributed by atoms with Crippen molar-refractivity contribution in [3.63, 3.8) is 0 Å². The second-order valence-electron chi connectivity index (χ2n) is 4.15. The molecule has 4 nitrogen and oxygen atoms in total. The van der Waals surface area contributed by atoms with Crippen molar-refractivity contribution in [2.75, 3.05) is 5.32 Å². The minimum Gasteiger partial charge on any atom is -0.409 e. The lowest BCUT2D eigenvalue weighted by Gasteiger charge is -2.10. The highest BCUT2D eigenvalue weighted by atomic mass is 19.1. The molecule has 0 aliphatic rings. The molecule has 2 rings (SSSR count). The molecule has 0 radical (unpaired) electrons. The molecule has 0 aromatic heterocycles. The van der Waals surface area contributed by atoms with E-state index in [2.05, 4.69) is 10.5 Å². The molecule has 104 valence electrons. The molecule has 20 heavy (non-hydrogen) atoms. The van der Waals surface area contributed by atoms with Gasteiger partial charge in [-0.3, -0.25) is 0 Å². The quantitative estimate of drug-likeness (QED) is 0.348. The Hall–Kier alpha value is -2.63. The fourth-order valence-corrected chi connectivity index (χ4v) is 1.83. The lowest BCUT2D eigenvalue weighted by atomic mass is 10.1. The summed E-state index contributed by atoms with van der Waals surface area (Å²) in [5.74, 6) is -1.33. The summed E-state index contributed by atoms with van der Waals surface area (Å²) in [7, 11) is 0. The van der Waals surface area contributed by atoms with Crippen LogP contribution in [0.2, 0.25) is 0 Å². The lowest BCUT2D eigenvalue weighted by molar-refractivity contribution is 0.318. The predicted octanol–water partition coefficient (Wildman–Crippen LogP) is 2.67. The van der Waals surface area contributed by atoms with E-state index in [9.17, 15) is 8.78 Å². The molecule has 0 aliphatic heterocycles. The van der Waals surface area contributed by atoms with Gasteiger partial charge in [-0.1, -0.05) is 29.4 Å². The topological polar surface area (TPSA) is 70.6 Å². The molecule has 0 aliphatic carbocycles. The molecule has 0 amide bonds. The standard InChI is InChI=1S/C14H13F2N3O/c15-10-5-11(16)7-12(6-10)18-8-9-3-1-2-4-13(9)14(17)19-20/h1-7,18,20H,8H2,(H2,17,19). The highest BCUT2D eigenvalue weighted by Crippen LogP contribution is 2.15. The van der Waals surface area contributed by atoms with Gasteiger partial charge in [-0.2, -0.15) is 0 Å². The molecule has 0 atom stereocenters. The van der Waals surface area contributed by atoms with Gasteiger partial charge >= 0.3 is 0 Å². The molecule has 0 spiro atoms. The maximum atomic E-state index is 13.1. The van der Waals surface area contributed by atoms with Crippen molar-refractivity contribution in [1.29, 1.82) is 0 Å². The van der Waals surface area contributed by atoms with Gasteiger partial charge in [0.05, 0.1) is 0 Å². The minimum atomic E-state index is -0.655. The van der Waals surface area contributed by atoms with Crippen LogP contribution in [0.15, 0.2) is 47.6 Å². The lowest BCUT2D eigenvalue weighted by Crippen LogP contribution is -2.16. The van der Waals surface area contributed by atoms with Gasteiger partial charge in [0.1, 0.15) is 11.6 Å². The summed E-state index contributed by atoms with van der Waals surface area (Å²) in [6, 6.07) is 10.2. The molecule has 0 saturated heterocycles. The Morgan fingerprint density at radius 1 is 1.15 bits per heavy atom. The molecule has 0 heterocycles. The molecule has 2 aromatic carbocycles. The number of rotatable bonds is 4. The van der Waals surface area contributed by atoms with E-state index in [-0.39, 0.29) is 12.4 Å². The first kappa shape index (κ1) is 13.8.